The van der Waals surface area contributed by atoms with Gasteiger partial charge in [0.25, 0.3) is 5.91 Å². The van der Waals surface area contributed by atoms with Crippen molar-refractivity contribution in [3.8, 4) is 5.75 Å². The van der Waals surface area contributed by atoms with E-state index in [1.165, 1.54) is 6.92 Å². The van der Waals surface area contributed by atoms with Crippen molar-refractivity contribution in [1.82, 2.24) is 4.90 Å². The van der Waals surface area contributed by atoms with Gasteiger partial charge in [-0.15, -0.1) is 0 Å². The summed E-state index contributed by atoms with van der Waals surface area (Å²) in [5.41, 5.74) is 0.911. The third-order valence-electron chi connectivity index (χ3n) is 4.69. The number of carbonyl (C=O) groups excluding carboxylic acids is 3. The molecule has 1 saturated heterocycles. The van der Waals surface area contributed by atoms with E-state index in [-0.39, 0.29) is 24.2 Å². The van der Waals surface area contributed by atoms with E-state index in [2.05, 4.69) is 19.2 Å². The van der Waals surface area contributed by atoms with Crippen molar-refractivity contribution in [2.45, 2.75) is 47.0 Å². The molecule has 2 unspecified atom stereocenters. The molecule has 0 saturated carbocycles. The van der Waals surface area contributed by atoms with Crippen LogP contribution in [0.1, 0.15) is 57.3 Å². The quantitative estimate of drug-likeness (QED) is 0.741. The van der Waals surface area contributed by atoms with Gasteiger partial charge in [0.05, 0.1) is 5.56 Å². The van der Waals surface area contributed by atoms with Gasteiger partial charge >= 0.3 is 0 Å². The number of likely N-dealkylation sites (tertiary alicyclic amines) is 1. The predicted octanol–water partition coefficient (Wildman–Crippen LogP) is 3.51. The fourth-order valence-corrected chi connectivity index (χ4v) is 3.56. The fraction of sp³-hybridized carbons (Fsp3) is 0.571. The molecule has 1 heterocycles. The van der Waals surface area contributed by atoms with Gasteiger partial charge in [-0.25, -0.2) is 0 Å². The number of rotatable bonds is 7. The molecular formula is C21H30N2O4. The minimum atomic E-state index is -0.177. The first-order chi connectivity index (χ1) is 12.8. The van der Waals surface area contributed by atoms with Crippen molar-refractivity contribution >= 4 is 23.3 Å². The van der Waals surface area contributed by atoms with Crippen molar-refractivity contribution in [2.24, 2.45) is 11.8 Å². The number of anilines is 1. The third kappa shape index (κ3) is 6.08. The van der Waals surface area contributed by atoms with Crippen LogP contribution in [0.15, 0.2) is 18.2 Å². The maximum atomic E-state index is 12.5. The van der Waals surface area contributed by atoms with Gasteiger partial charge in [0.1, 0.15) is 5.75 Å². The van der Waals surface area contributed by atoms with Crippen LogP contribution in [0, 0.1) is 11.8 Å². The standard InChI is InChI=1S/C21H30N2O4/c1-5-6-20(25)22-17-7-8-19(18(10-17)16(4)24)27-13-21(26)23-11-14(2)9-15(3)12-23/h7-8,10,14-15H,5-6,9,11-13H2,1-4H3,(H,22,25). The highest BCUT2D eigenvalue weighted by atomic mass is 16.5. The van der Waals surface area contributed by atoms with Gasteiger partial charge in [0, 0.05) is 25.2 Å². The number of ketones is 1. The predicted molar refractivity (Wildman–Crippen MR) is 105 cm³/mol. The average Bonchev–Trinajstić information content (AvgIpc) is 2.59. The molecule has 0 radical (unpaired) electrons. The summed E-state index contributed by atoms with van der Waals surface area (Å²) in [6.07, 6.45) is 2.31. The molecule has 0 bridgehead atoms. The topological polar surface area (TPSA) is 75.7 Å². The number of ether oxygens (including phenoxy) is 1. The lowest BCUT2D eigenvalue weighted by Crippen LogP contribution is -2.44. The van der Waals surface area contributed by atoms with Crippen LogP contribution in [0.3, 0.4) is 0 Å². The summed E-state index contributed by atoms with van der Waals surface area (Å²) >= 11 is 0. The van der Waals surface area contributed by atoms with Crippen LogP contribution in [0.25, 0.3) is 0 Å². The second-order valence-electron chi connectivity index (χ2n) is 7.60. The second kappa shape index (κ2) is 9.53. The number of hydrogen-bond acceptors (Lipinski definition) is 4. The number of piperidine rings is 1. The Hall–Kier alpha value is -2.37. The number of nitrogens with one attached hydrogen (secondary N) is 1. The Kier molecular flexibility index (Phi) is 7.39. The summed E-state index contributed by atoms with van der Waals surface area (Å²) in [6, 6.07) is 4.92. The van der Waals surface area contributed by atoms with E-state index < -0.39 is 0 Å². The van der Waals surface area contributed by atoms with Crippen molar-refractivity contribution in [1.29, 1.82) is 0 Å². The molecule has 6 heteroatoms. The Bertz CT molecular complexity index is 691. The van der Waals surface area contributed by atoms with Crippen molar-refractivity contribution in [3.63, 3.8) is 0 Å². The van der Waals surface area contributed by atoms with Crippen LogP contribution in [-0.2, 0) is 9.59 Å². The minimum absolute atomic E-state index is 0.0665. The highest BCUT2D eigenvalue weighted by Gasteiger charge is 2.25. The first-order valence-electron chi connectivity index (χ1n) is 9.65. The molecule has 1 aliphatic heterocycles. The Morgan fingerprint density at radius 2 is 1.85 bits per heavy atom. The SMILES string of the molecule is CCCC(=O)Nc1ccc(OCC(=O)N2CC(C)CC(C)C2)c(C(C)=O)c1. The Labute approximate surface area is 161 Å². The molecule has 2 rings (SSSR count). The van der Waals surface area contributed by atoms with Crippen LogP contribution in [-0.4, -0.2) is 42.2 Å². The van der Waals surface area contributed by atoms with Gasteiger partial charge < -0.3 is 15.0 Å². The molecule has 1 aromatic rings. The number of carbonyl (C=O) groups is 3. The molecule has 148 valence electrons. The molecule has 0 aliphatic carbocycles. The molecule has 1 fully saturated rings. The summed E-state index contributed by atoms with van der Waals surface area (Å²) in [5, 5.41) is 2.77. The highest BCUT2D eigenvalue weighted by molar-refractivity contribution is 5.99. The van der Waals surface area contributed by atoms with Crippen LogP contribution < -0.4 is 10.1 Å². The van der Waals surface area contributed by atoms with E-state index in [1.807, 2.05) is 11.8 Å². The van der Waals surface area contributed by atoms with Crippen molar-refractivity contribution < 1.29 is 19.1 Å². The number of hydrogen-bond donors (Lipinski definition) is 1. The van der Waals surface area contributed by atoms with Gasteiger partial charge in [0.15, 0.2) is 12.4 Å². The maximum absolute atomic E-state index is 12.5. The van der Waals surface area contributed by atoms with E-state index in [0.717, 1.165) is 25.9 Å². The van der Waals surface area contributed by atoms with Crippen molar-refractivity contribution in [3.05, 3.63) is 23.8 Å². The number of amides is 2. The van der Waals surface area contributed by atoms with Gasteiger partial charge in [0.2, 0.25) is 5.91 Å². The largest absolute Gasteiger partial charge is 0.483 e. The zero-order chi connectivity index (χ0) is 20.0. The molecule has 0 spiro atoms. The molecule has 2 atom stereocenters. The number of benzene rings is 1. The van der Waals surface area contributed by atoms with Gasteiger partial charge in [-0.05, 0) is 49.8 Å². The number of nitrogens with zero attached hydrogens (tertiary/aromatic N) is 1. The summed E-state index contributed by atoms with van der Waals surface area (Å²) < 4.78 is 5.67. The molecule has 27 heavy (non-hydrogen) atoms. The van der Waals surface area contributed by atoms with Gasteiger partial charge in [-0.2, -0.15) is 0 Å². The first kappa shape index (κ1) is 20.9. The Balaban J connectivity index is 2.03. The van der Waals surface area contributed by atoms with Crippen LogP contribution in [0.4, 0.5) is 5.69 Å². The lowest BCUT2D eigenvalue weighted by molar-refractivity contribution is -0.136. The zero-order valence-corrected chi connectivity index (χ0v) is 16.7. The van der Waals surface area contributed by atoms with Crippen LogP contribution in [0.2, 0.25) is 0 Å². The first-order valence-corrected chi connectivity index (χ1v) is 9.65. The Morgan fingerprint density at radius 1 is 1.19 bits per heavy atom. The average molecular weight is 374 g/mol. The van der Waals surface area contributed by atoms with Gasteiger partial charge in [-0.1, -0.05) is 20.8 Å². The maximum Gasteiger partial charge on any atom is 0.260 e. The Morgan fingerprint density at radius 3 is 2.44 bits per heavy atom. The smallest absolute Gasteiger partial charge is 0.260 e. The van der Waals surface area contributed by atoms with E-state index in [0.29, 0.717) is 35.3 Å². The fourth-order valence-electron chi connectivity index (χ4n) is 3.56. The third-order valence-corrected chi connectivity index (χ3v) is 4.69. The summed E-state index contributed by atoms with van der Waals surface area (Å²) in [6.45, 7) is 9.06. The summed E-state index contributed by atoms with van der Waals surface area (Å²) in [4.78, 5) is 38.0. The normalized spacial score (nSPS) is 19.5. The molecule has 1 aliphatic rings. The van der Waals surface area contributed by atoms with Crippen LogP contribution >= 0.6 is 0 Å². The number of Topliss-reactive ketones (excluding diaryl/α,β-unsaturated/α-hetero) is 1. The van der Waals surface area contributed by atoms with Gasteiger partial charge in [-0.3, -0.25) is 14.4 Å². The molecular weight excluding hydrogens is 344 g/mol. The van der Waals surface area contributed by atoms with E-state index in [9.17, 15) is 14.4 Å². The molecule has 1 aromatic carbocycles. The molecule has 2 amide bonds. The van der Waals surface area contributed by atoms with Crippen molar-refractivity contribution in [2.75, 3.05) is 25.0 Å². The second-order valence-corrected chi connectivity index (χ2v) is 7.60. The zero-order valence-electron chi connectivity index (χ0n) is 16.7. The lowest BCUT2D eigenvalue weighted by atomic mass is 9.92. The monoisotopic (exact) mass is 374 g/mol. The molecule has 1 N–H and O–H groups in total. The van der Waals surface area contributed by atoms with E-state index in [1.54, 1.807) is 18.2 Å². The molecule has 6 nitrogen and oxygen atoms in total. The lowest BCUT2D eigenvalue weighted by Gasteiger charge is -2.34. The molecule has 0 aromatic heterocycles. The summed E-state index contributed by atoms with van der Waals surface area (Å²) in [5.74, 6) is 0.993. The van der Waals surface area contributed by atoms with E-state index >= 15 is 0 Å². The summed E-state index contributed by atoms with van der Waals surface area (Å²) in [7, 11) is 0. The highest BCUT2D eigenvalue weighted by Crippen LogP contribution is 2.25. The minimum Gasteiger partial charge on any atom is -0.483 e. The van der Waals surface area contributed by atoms with Crippen LogP contribution in [0.5, 0.6) is 5.75 Å². The van der Waals surface area contributed by atoms with E-state index in [4.69, 9.17) is 4.74 Å².